The van der Waals surface area contributed by atoms with Crippen molar-refractivity contribution < 1.29 is 14.3 Å². The van der Waals surface area contributed by atoms with Crippen LogP contribution in [0.15, 0.2) is 36.5 Å². The average Bonchev–Trinajstić information content (AvgIpc) is 2.97. The fourth-order valence-electron chi connectivity index (χ4n) is 2.47. The molecule has 0 spiro atoms. The van der Waals surface area contributed by atoms with Gasteiger partial charge in [0.25, 0.3) is 0 Å². The summed E-state index contributed by atoms with van der Waals surface area (Å²) in [5, 5.41) is 3.45. The number of nitrogens with zero attached hydrogens (tertiary/aromatic N) is 1. The number of pyridine rings is 1. The number of benzene rings is 1. The summed E-state index contributed by atoms with van der Waals surface area (Å²) in [5.74, 6) is 1.92. The molecule has 0 aliphatic heterocycles. The number of fused-ring (bicyclic) bond motifs is 1. The second-order valence-electron chi connectivity index (χ2n) is 4.59. The lowest BCUT2D eigenvalue weighted by Crippen LogP contribution is -1.96. The summed E-state index contributed by atoms with van der Waals surface area (Å²) in [7, 11) is 3.24. The van der Waals surface area contributed by atoms with Crippen molar-refractivity contribution in [2.75, 3.05) is 19.5 Å². The van der Waals surface area contributed by atoms with Crippen molar-refractivity contribution in [3.8, 4) is 22.6 Å². The van der Waals surface area contributed by atoms with Gasteiger partial charge in [0.1, 0.15) is 23.0 Å². The minimum Gasteiger partial charge on any atom is -0.496 e. The second kappa shape index (κ2) is 5.77. The molecule has 112 valence electrons. The van der Waals surface area contributed by atoms with Crippen molar-refractivity contribution in [3.63, 3.8) is 0 Å². The highest BCUT2D eigenvalue weighted by molar-refractivity contribution is 5.98. The Morgan fingerprint density at radius 1 is 1.14 bits per heavy atom. The van der Waals surface area contributed by atoms with Gasteiger partial charge in [-0.2, -0.15) is 0 Å². The molecule has 0 bridgehead atoms. The maximum absolute atomic E-state index is 10.5. The van der Waals surface area contributed by atoms with E-state index in [9.17, 15) is 4.79 Å². The Kier molecular flexibility index (Phi) is 3.65. The number of amides is 1. The number of H-pyrrole nitrogens is 1. The zero-order valence-corrected chi connectivity index (χ0v) is 12.2. The number of nitrogens with one attached hydrogen (secondary N) is 2. The second-order valence-corrected chi connectivity index (χ2v) is 4.59. The number of hydrogen-bond acceptors (Lipinski definition) is 4. The number of aromatic nitrogens is 2. The fourth-order valence-corrected chi connectivity index (χ4v) is 2.47. The van der Waals surface area contributed by atoms with E-state index in [1.807, 2.05) is 30.5 Å². The molecule has 2 N–H and O–H groups in total. The smallest absolute Gasteiger partial charge is 0.212 e. The van der Waals surface area contributed by atoms with Crippen molar-refractivity contribution in [3.05, 3.63) is 36.5 Å². The van der Waals surface area contributed by atoms with Gasteiger partial charge in [-0.05, 0) is 24.3 Å². The lowest BCUT2D eigenvalue weighted by Gasteiger charge is -2.12. The summed E-state index contributed by atoms with van der Waals surface area (Å²) in [6, 6.07) is 9.28. The maximum Gasteiger partial charge on any atom is 0.212 e. The molecule has 0 aliphatic carbocycles. The molecule has 0 saturated heterocycles. The molecule has 0 saturated carbocycles. The minimum atomic E-state index is 0.489. The first kappa shape index (κ1) is 13.9. The van der Waals surface area contributed by atoms with Gasteiger partial charge in [-0.25, -0.2) is 4.98 Å². The molecule has 2 heterocycles. The van der Waals surface area contributed by atoms with E-state index >= 15 is 0 Å². The zero-order valence-electron chi connectivity index (χ0n) is 12.2. The van der Waals surface area contributed by atoms with Crippen LogP contribution >= 0.6 is 0 Å². The molecule has 0 aliphatic rings. The fraction of sp³-hybridized carbons (Fsp3) is 0.125. The van der Waals surface area contributed by atoms with Crippen LogP contribution in [0, 0.1) is 0 Å². The number of ether oxygens (including phenoxy) is 2. The van der Waals surface area contributed by atoms with E-state index in [2.05, 4.69) is 15.3 Å². The van der Waals surface area contributed by atoms with Gasteiger partial charge >= 0.3 is 0 Å². The van der Waals surface area contributed by atoms with Crippen LogP contribution in [0.1, 0.15) is 0 Å². The third-order valence-electron chi connectivity index (χ3n) is 3.44. The predicted molar refractivity (Wildman–Crippen MR) is 84.3 cm³/mol. The first-order chi connectivity index (χ1) is 10.8. The molecule has 1 aromatic carbocycles. The standard InChI is InChI=1S/C16H15N3O3/c1-21-12-4-3-5-13(22-2)15(12)11-8-17-16-10(11)6-7-14(19-16)18-9-20/h3-9H,1-2H3,(H2,17,18,19,20). The van der Waals surface area contributed by atoms with E-state index in [0.29, 0.717) is 17.9 Å². The van der Waals surface area contributed by atoms with Crippen LogP contribution in [0.4, 0.5) is 5.82 Å². The van der Waals surface area contributed by atoms with E-state index in [1.54, 1.807) is 20.3 Å². The molecule has 0 radical (unpaired) electrons. The van der Waals surface area contributed by atoms with Crippen LogP contribution in [-0.2, 0) is 4.79 Å². The highest BCUT2D eigenvalue weighted by atomic mass is 16.5. The summed E-state index contributed by atoms with van der Waals surface area (Å²) in [6.45, 7) is 0. The minimum absolute atomic E-state index is 0.489. The number of carbonyl (C=O) groups is 1. The molecular weight excluding hydrogens is 282 g/mol. The number of rotatable bonds is 5. The quantitative estimate of drug-likeness (QED) is 0.710. The van der Waals surface area contributed by atoms with Gasteiger partial charge in [0.15, 0.2) is 0 Å². The SMILES string of the molecule is COc1cccc(OC)c1-c1c[nH]c2nc(NC=O)ccc12. The Labute approximate surface area is 127 Å². The molecule has 3 aromatic rings. The zero-order chi connectivity index (χ0) is 15.5. The van der Waals surface area contributed by atoms with E-state index in [4.69, 9.17) is 9.47 Å². The molecule has 6 heteroatoms. The van der Waals surface area contributed by atoms with Crippen LogP contribution in [0.5, 0.6) is 11.5 Å². The molecule has 0 fully saturated rings. The first-order valence-corrected chi connectivity index (χ1v) is 6.68. The summed E-state index contributed by atoms with van der Waals surface area (Å²) < 4.78 is 10.9. The molecular formula is C16H15N3O3. The van der Waals surface area contributed by atoms with Gasteiger partial charge < -0.3 is 19.8 Å². The third kappa shape index (κ3) is 2.24. The summed E-state index contributed by atoms with van der Waals surface area (Å²) >= 11 is 0. The Hall–Kier alpha value is -3.02. The number of methoxy groups -OCH3 is 2. The largest absolute Gasteiger partial charge is 0.496 e. The van der Waals surface area contributed by atoms with Crippen LogP contribution < -0.4 is 14.8 Å². The van der Waals surface area contributed by atoms with Crippen molar-refractivity contribution in [1.29, 1.82) is 0 Å². The Morgan fingerprint density at radius 3 is 2.50 bits per heavy atom. The summed E-state index contributed by atoms with van der Waals surface area (Å²) in [4.78, 5) is 18.0. The van der Waals surface area contributed by atoms with E-state index < -0.39 is 0 Å². The average molecular weight is 297 g/mol. The van der Waals surface area contributed by atoms with Gasteiger partial charge in [0.05, 0.1) is 19.8 Å². The number of carbonyl (C=O) groups excluding carboxylic acids is 1. The van der Waals surface area contributed by atoms with Gasteiger partial charge in [-0.3, -0.25) is 4.79 Å². The summed E-state index contributed by atoms with van der Waals surface area (Å²) in [6.07, 6.45) is 2.45. The first-order valence-electron chi connectivity index (χ1n) is 6.68. The van der Waals surface area contributed by atoms with Crippen molar-refractivity contribution in [2.45, 2.75) is 0 Å². The third-order valence-corrected chi connectivity index (χ3v) is 3.44. The molecule has 1 amide bonds. The lowest BCUT2D eigenvalue weighted by molar-refractivity contribution is -0.105. The van der Waals surface area contributed by atoms with Crippen molar-refractivity contribution >= 4 is 23.3 Å². The molecule has 22 heavy (non-hydrogen) atoms. The molecule has 2 aromatic heterocycles. The van der Waals surface area contributed by atoms with E-state index in [-0.39, 0.29) is 0 Å². The Bertz CT molecular complexity index is 804. The Morgan fingerprint density at radius 2 is 1.86 bits per heavy atom. The molecule has 0 unspecified atom stereocenters. The van der Waals surface area contributed by atoms with Gasteiger partial charge in [-0.1, -0.05) is 6.07 Å². The van der Waals surface area contributed by atoms with Crippen LogP contribution in [0.3, 0.4) is 0 Å². The van der Waals surface area contributed by atoms with Crippen molar-refractivity contribution in [1.82, 2.24) is 9.97 Å². The predicted octanol–water partition coefficient (Wildman–Crippen LogP) is 2.82. The van der Waals surface area contributed by atoms with Gasteiger partial charge in [-0.15, -0.1) is 0 Å². The van der Waals surface area contributed by atoms with E-state index in [1.165, 1.54) is 0 Å². The van der Waals surface area contributed by atoms with Gasteiger partial charge in [0, 0.05) is 17.1 Å². The Balaban J connectivity index is 2.21. The van der Waals surface area contributed by atoms with Crippen LogP contribution in [0.2, 0.25) is 0 Å². The normalized spacial score (nSPS) is 10.5. The van der Waals surface area contributed by atoms with Crippen molar-refractivity contribution in [2.24, 2.45) is 0 Å². The van der Waals surface area contributed by atoms with Gasteiger partial charge in [0.2, 0.25) is 6.41 Å². The monoisotopic (exact) mass is 297 g/mol. The lowest BCUT2D eigenvalue weighted by atomic mass is 10.0. The number of anilines is 1. The van der Waals surface area contributed by atoms with Crippen LogP contribution in [0.25, 0.3) is 22.2 Å². The number of aromatic amines is 1. The maximum atomic E-state index is 10.5. The van der Waals surface area contributed by atoms with E-state index in [0.717, 1.165) is 28.0 Å². The molecule has 6 nitrogen and oxygen atoms in total. The van der Waals surface area contributed by atoms with Crippen LogP contribution in [-0.4, -0.2) is 30.6 Å². The number of hydrogen-bond donors (Lipinski definition) is 2. The highest BCUT2D eigenvalue weighted by Gasteiger charge is 2.16. The molecule has 0 atom stereocenters. The molecule has 3 rings (SSSR count). The topological polar surface area (TPSA) is 76.2 Å². The highest BCUT2D eigenvalue weighted by Crippen LogP contribution is 2.41. The summed E-state index contributed by atoms with van der Waals surface area (Å²) in [5.41, 5.74) is 2.46.